The number of hydrogen-bond donors (Lipinski definition) is 0. The molecule has 2 nitrogen and oxygen atoms in total. The summed E-state index contributed by atoms with van der Waals surface area (Å²) in [7, 11) is 0. The minimum Gasteiger partial charge on any atom is -0.245 e. The van der Waals surface area contributed by atoms with Gasteiger partial charge in [0.15, 0.2) is 0 Å². The van der Waals surface area contributed by atoms with Gasteiger partial charge in [-0.15, -0.1) is 0 Å². The van der Waals surface area contributed by atoms with Crippen molar-refractivity contribution in [3.8, 4) is 67.0 Å². The first kappa shape index (κ1) is 28.9. The van der Waals surface area contributed by atoms with Gasteiger partial charge in [0.05, 0.1) is 22.4 Å². The molecule has 2 heteroatoms. The van der Waals surface area contributed by atoms with E-state index in [0.717, 1.165) is 44.3 Å². The minimum atomic E-state index is 0.920. The molecule has 0 fully saturated rings. The van der Waals surface area contributed by atoms with E-state index in [4.69, 9.17) is 9.97 Å². The van der Waals surface area contributed by atoms with Gasteiger partial charge < -0.3 is 0 Å². The molecule has 10 aromatic rings. The van der Waals surface area contributed by atoms with E-state index in [-0.39, 0.29) is 0 Å². The third kappa shape index (κ3) is 4.38. The van der Waals surface area contributed by atoms with Crippen LogP contribution in [0.3, 0.4) is 0 Å². The molecule has 0 amide bonds. The summed E-state index contributed by atoms with van der Waals surface area (Å²) in [5, 5.41) is 7.22. The summed E-state index contributed by atoms with van der Waals surface area (Å²) >= 11 is 0. The summed E-state index contributed by atoms with van der Waals surface area (Å²) in [4.78, 5) is 10.4. The van der Waals surface area contributed by atoms with Crippen molar-refractivity contribution in [1.29, 1.82) is 0 Å². The Balaban J connectivity index is 0.997. The van der Waals surface area contributed by atoms with Crippen molar-refractivity contribution in [3.05, 3.63) is 182 Å². The largest absolute Gasteiger partial charge is 0.245 e. The van der Waals surface area contributed by atoms with E-state index >= 15 is 0 Å². The van der Waals surface area contributed by atoms with Gasteiger partial charge in [-0.3, -0.25) is 0 Å². The van der Waals surface area contributed by atoms with Crippen molar-refractivity contribution in [2.75, 3.05) is 0 Å². The molecule has 0 spiro atoms. The molecule has 1 aliphatic carbocycles. The molecule has 0 bridgehead atoms. The number of benzene rings is 8. The van der Waals surface area contributed by atoms with E-state index in [1.165, 1.54) is 66.1 Å². The summed E-state index contributed by atoms with van der Waals surface area (Å²) in [6.07, 6.45) is 0. The Labute approximate surface area is 301 Å². The van der Waals surface area contributed by atoms with Crippen LogP contribution in [0.4, 0.5) is 0 Å². The number of nitrogens with zero attached hydrogens (tertiary/aromatic N) is 2. The summed E-state index contributed by atoms with van der Waals surface area (Å²) in [6, 6.07) is 65.5. The van der Waals surface area contributed by atoms with Gasteiger partial charge in [0.2, 0.25) is 0 Å². The Hall–Kier alpha value is -6.90. The number of hydrogen-bond acceptors (Lipinski definition) is 2. The minimum absolute atomic E-state index is 0.920. The van der Waals surface area contributed by atoms with Gasteiger partial charge >= 0.3 is 0 Å². The Morgan fingerprint density at radius 1 is 0.250 bits per heavy atom. The smallest absolute Gasteiger partial charge is 0.0972 e. The van der Waals surface area contributed by atoms with Crippen LogP contribution in [-0.4, -0.2) is 9.97 Å². The maximum atomic E-state index is 5.30. The van der Waals surface area contributed by atoms with E-state index in [0.29, 0.717) is 0 Å². The van der Waals surface area contributed by atoms with Crippen LogP contribution >= 0.6 is 0 Å². The first-order valence-electron chi connectivity index (χ1n) is 17.8. The molecular formula is C50H30N2. The van der Waals surface area contributed by atoms with Crippen LogP contribution in [0.2, 0.25) is 0 Å². The first-order chi connectivity index (χ1) is 25.8. The quantitative estimate of drug-likeness (QED) is 0.176. The van der Waals surface area contributed by atoms with E-state index in [1.54, 1.807) is 0 Å². The molecule has 2 heterocycles. The average molecular weight is 659 g/mol. The highest BCUT2D eigenvalue weighted by atomic mass is 14.8. The van der Waals surface area contributed by atoms with E-state index in [9.17, 15) is 0 Å². The Morgan fingerprint density at radius 2 is 0.712 bits per heavy atom. The number of fused-ring (bicyclic) bond motifs is 7. The Bertz CT molecular complexity index is 3020. The molecule has 1 aliphatic rings. The van der Waals surface area contributed by atoms with Crippen LogP contribution in [0.1, 0.15) is 0 Å². The zero-order chi connectivity index (χ0) is 34.2. The lowest BCUT2D eigenvalue weighted by Gasteiger charge is -2.14. The fourth-order valence-corrected chi connectivity index (χ4v) is 8.35. The summed E-state index contributed by atoms with van der Waals surface area (Å²) in [5.74, 6) is 0. The Kier molecular flexibility index (Phi) is 6.28. The molecule has 240 valence electrons. The monoisotopic (exact) mass is 658 g/mol. The molecule has 0 radical (unpaired) electrons. The maximum Gasteiger partial charge on any atom is 0.0972 e. The lowest BCUT2D eigenvalue weighted by Crippen LogP contribution is -1.92. The highest BCUT2D eigenvalue weighted by Gasteiger charge is 2.22. The van der Waals surface area contributed by atoms with Crippen LogP contribution < -0.4 is 0 Å². The zero-order valence-electron chi connectivity index (χ0n) is 28.2. The van der Waals surface area contributed by atoms with Gasteiger partial charge in [-0.25, -0.2) is 9.97 Å². The van der Waals surface area contributed by atoms with Gasteiger partial charge in [-0.2, -0.15) is 0 Å². The number of rotatable bonds is 4. The van der Waals surface area contributed by atoms with Gasteiger partial charge in [-0.1, -0.05) is 170 Å². The first-order valence-corrected chi connectivity index (χ1v) is 17.8. The molecule has 0 saturated carbocycles. The van der Waals surface area contributed by atoms with Crippen molar-refractivity contribution in [3.63, 3.8) is 0 Å². The van der Waals surface area contributed by atoms with Crippen LogP contribution in [0.15, 0.2) is 182 Å². The molecule has 0 atom stereocenters. The Morgan fingerprint density at radius 3 is 1.40 bits per heavy atom. The topological polar surface area (TPSA) is 25.8 Å². The molecule has 52 heavy (non-hydrogen) atoms. The lowest BCUT2D eigenvalue weighted by atomic mass is 9.91. The van der Waals surface area contributed by atoms with Gasteiger partial charge in [0.25, 0.3) is 0 Å². The van der Waals surface area contributed by atoms with Crippen molar-refractivity contribution < 1.29 is 0 Å². The highest BCUT2D eigenvalue weighted by Crippen LogP contribution is 2.49. The predicted molar refractivity (Wildman–Crippen MR) is 218 cm³/mol. The summed E-state index contributed by atoms with van der Waals surface area (Å²) in [6.45, 7) is 0. The SMILES string of the molecule is c1ccc(-c2ccc3ccc4ccc(-c5ccc(-c6ccc(-c7ccc8c9c(cccc79)-c7ccccc7-8)cc6)c6ccccc56)nc4c3n2)cc1. The van der Waals surface area contributed by atoms with Crippen LogP contribution in [0.5, 0.6) is 0 Å². The molecule has 0 saturated heterocycles. The van der Waals surface area contributed by atoms with Crippen LogP contribution in [0.25, 0.3) is 110 Å². The van der Waals surface area contributed by atoms with Crippen molar-refractivity contribution in [1.82, 2.24) is 9.97 Å². The molecule has 0 N–H and O–H groups in total. The standard InChI is InChI=1S/C50H30N2/c1-2-9-33(10-3-1)46-29-23-34-21-22-35-24-30-47(52-50(35)49(34)51-46)42-27-25-36(38-11-4-5-12-39(38)42)31-17-19-32(20-18-31)37-26-28-45-41-14-7-6-13-40(41)44-16-8-15-43(37)48(44)45/h1-30H. The number of aromatic nitrogens is 2. The molecule has 0 unspecified atom stereocenters. The average Bonchev–Trinajstić information content (AvgIpc) is 3.55. The van der Waals surface area contributed by atoms with Crippen LogP contribution in [-0.2, 0) is 0 Å². The van der Waals surface area contributed by atoms with Crippen LogP contribution in [0, 0.1) is 0 Å². The number of pyridine rings is 2. The molecule has 2 aromatic heterocycles. The molecular weight excluding hydrogens is 629 g/mol. The van der Waals surface area contributed by atoms with Crippen molar-refractivity contribution in [2.24, 2.45) is 0 Å². The predicted octanol–water partition coefficient (Wildman–Crippen LogP) is 13.4. The maximum absolute atomic E-state index is 5.30. The van der Waals surface area contributed by atoms with E-state index < -0.39 is 0 Å². The van der Waals surface area contributed by atoms with Gasteiger partial charge in [0, 0.05) is 21.9 Å². The second kappa shape index (κ2) is 11.3. The third-order valence-electron chi connectivity index (χ3n) is 10.8. The second-order valence-electron chi connectivity index (χ2n) is 13.7. The summed E-state index contributed by atoms with van der Waals surface area (Å²) < 4.78 is 0. The lowest BCUT2D eigenvalue weighted by molar-refractivity contribution is 1.37. The summed E-state index contributed by atoms with van der Waals surface area (Å²) in [5.41, 5.74) is 16.2. The second-order valence-corrected chi connectivity index (χ2v) is 13.7. The van der Waals surface area contributed by atoms with E-state index in [1.807, 2.05) is 6.07 Å². The molecule has 0 aliphatic heterocycles. The zero-order valence-corrected chi connectivity index (χ0v) is 28.2. The highest BCUT2D eigenvalue weighted by molar-refractivity contribution is 6.18. The third-order valence-corrected chi connectivity index (χ3v) is 10.8. The van der Waals surface area contributed by atoms with Crippen molar-refractivity contribution in [2.45, 2.75) is 0 Å². The van der Waals surface area contributed by atoms with Gasteiger partial charge in [-0.05, 0) is 78.2 Å². The van der Waals surface area contributed by atoms with Gasteiger partial charge in [0.1, 0.15) is 0 Å². The fourth-order valence-electron chi connectivity index (χ4n) is 8.35. The molecule has 8 aromatic carbocycles. The van der Waals surface area contributed by atoms with E-state index in [2.05, 4.69) is 176 Å². The molecule has 11 rings (SSSR count). The fraction of sp³-hybridized carbons (Fsp3) is 0. The normalized spacial score (nSPS) is 11.8. The van der Waals surface area contributed by atoms with Crippen molar-refractivity contribution >= 4 is 43.4 Å².